The first-order valence-corrected chi connectivity index (χ1v) is 6.97. The zero-order chi connectivity index (χ0) is 13.9. The Morgan fingerprint density at radius 1 is 1.15 bits per heavy atom. The van der Waals surface area contributed by atoms with Crippen LogP contribution in [0.4, 0.5) is 15.2 Å². The molecule has 0 bridgehead atoms. The lowest BCUT2D eigenvalue weighted by Crippen LogP contribution is -2.08. The van der Waals surface area contributed by atoms with E-state index in [4.69, 9.17) is 0 Å². The molecule has 0 aliphatic carbocycles. The van der Waals surface area contributed by atoms with E-state index in [2.05, 4.69) is 9.97 Å². The van der Waals surface area contributed by atoms with Crippen LogP contribution >= 0.6 is 11.3 Å². The third kappa shape index (κ3) is 2.53. The standard InChI is InChI=1S/C15H12FN3S/c1-19(13-3-2-8-17-9-13)15-18-14(10-20-15)11-4-6-12(16)7-5-11/h2-10H,1H3. The van der Waals surface area contributed by atoms with Crippen molar-refractivity contribution in [2.24, 2.45) is 0 Å². The Morgan fingerprint density at radius 2 is 1.95 bits per heavy atom. The second kappa shape index (κ2) is 5.38. The summed E-state index contributed by atoms with van der Waals surface area (Å²) < 4.78 is 12.9. The molecule has 3 nitrogen and oxygen atoms in total. The number of hydrogen-bond acceptors (Lipinski definition) is 4. The zero-order valence-electron chi connectivity index (χ0n) is 10.8. The summed E-state index contributed by atoms with van der Waals surface area (Å²) in [4.78, 5) is 10.7. The largest absolute Gasteiger partial charge is 0.319 e. The third-order valence-corrected chi connectivity index (χ3v) is 3.87. The van der Waals surface area contributed by atoms with E-state index in [0.717, 1.165) is 22.1 Å². The molecule has 3 aromatic rings. The Bertz CT molecular complexity index is 695. The Morgan fingerprint density at radius 3 is 2.65 bits per heavy atom. The number of anilines is 2. The summed E-state index contributed by atoms with van der Waals surface area (Å²) in [6.07, 6.45) is 3.53. The molecule has 0 aliphatic rings. The van der Waals surface area contributed by atoms with Crippen molar-refractivity contribution in [2.45, 2.75) is 0 Å². The fourth-order valence-electron chi connectivity index (χ4n) is 1.83. The summed E-state index contributed by atoms with van der Waals surface area (Å²) in [5.41, 5.74) is 2.74. The average molecular weight is 285 g/mol. The maximum Gasteiger partial charge on any atom is 0.190 e. The van der Waals surface area contributed by atoms with Gasteiger partial charge >= 0.3 is 0 Å². The van der Waals surface area contributed by atoms with Crippen molar-refractivity contribution in [2.75, 3.05) is 11.9 Å². The van der Waals surface area contributed by atoms with Gasteiger partial charge in [-0.2, -0.15) is 0 Å². The van der Waals surface area contributed by atoms with Crippen LogP contribution in [-0.2, 0) is 0 Å². The molecule has 5 heteroatoms. The van der Waals surface area contributed by atoms with Gasteiger partial charge in [-0.3, -0.25) is 4.98 Å². The highest BCUT2D eigenvalue weighted by atomic mass is 32.1. The van der Waals surface area contributed by atoms with Gasteiger partial charge in [0.2, 0.25) is 0 Å². The highest BCUT2D eigenvalue weighted by Crippen LogP contribution is 2.30. The second-order valence-corrected chi connectivity index (χ2v) is 5.13. The molecule has 0 amide bonds. The van der Waals surface area contributed by atoms with Gasteiger partial charge in [-0.25, -0.2) is 9.37 Å². The Balaban J connectivity index is 1.89. The van der Waals surface area contributed by atoms with Gasteiger partial charge in [0.25, 0.3) is 0 Å². The van der Waals surface area contributed by atoms with Crippen LogP contribution in [0.2, 0.25) is 0 Å². The van der Waals surface area contributed by atoms with Crippen LogP contribution in [0.1, 0.15) is 0 Å². The van der Waals surface area contributed by atoms with E-state index < -0.39 is 0 Å². The smallest absolute Gasteiger partial charge is 0.190 e. The second-order valence-electron chi connectivity index (χ2n) is 4.29. The fourth-order valence-corrected chi connectivity index (χ4v) is 2.65. The van der Waals surface area contributed by atoms with Crippen LogP contribution in [0.15, 0.2) is 54.2 Å². The maximum atomic E-state index is 12.9. The first-order valence-electron chi connectivity index (χ1n) is 6.09. The van der Waals surface area contributed by atoms with E-state index in [9.17, 15) is 4.39 Å². The van der Waals surface area contributed by atoms with Crippen molar-refractivity contribution in [1.82, 2.24) is 9.97 Å². The molecule has 0 atom stereocenters. The molecule has 100 valence electrons. The predicted octanol–water partition coefficient (Wildman–Crippen LogP) is 4.11. The molecular formula is C15H12FN3S. The van der Waals surface area contributed by atoms with Crippen molar-refractivity contribution >= 4 is 22.2 Å². The van der Waals surface area contributed by atoms with E-state index in [0.29, 0.717) is 0 Å². The van der Waals surface area contributed by atoms with Crippen molar-refractivity contribution < 1.29 is 4.39 Å². The molecule has 0 aliphatic heterocycles. The summed E-state index contributed by atoms with van der Waals surface area (Å²) in [6, 6.07) is 10.2. The number of halogens is 1. The number of thiazole rings is 1. The SMILES string of the molecule is CN(c1cccnc1)c1nc(-c2ccc(F)cc2)cs1. The van der Waals surface area contributed by atoms with Crippen molar-refractivity contribution in [3.8, 4) is 11.3 Å². The van der Waals surface area contributed by atoms with E-state index in [1.54, 1.807) is 35.9 Å². The molecule has 0 unspecified atom stereocenters. The normalized spacial score (nSPS) is 10.5. The van der Waals surface area contributed by atoms with E-state index in [1.807, 2.05) is 29.5 Å². The third-order valence-electron chi connectivity index (χ3n) is 2.95. The molecule has 0 radical (unpaired) electrons. The van der Waals surface area contributed by atoms with Crippen molar-refractivity contribution in [3.63, 3.8) is 0 Å². The Hall–Kier alpha value is -2.27. The molecule has 0 N–H and O–H groups in total. The number of nitrogens with zero attached hydrogens (tertiary/aromatic N) is 3. The first-order chi connectivity index (χ1) is 9.74. The average Bonchev–Trinajstić information content (AvgIpc) is 2.98. The Kier molecular flexibility index (Phi) is 3.43. The minimum atomic E-state index is -0.239. The van der Waals surface area contributed by atoms with Crippen LogP contribution in [0.5, 0.6) is 0 Å². The van der Waals surface area contributed by atoms with Gasteiger partial charge in [-0.1, -0.05) is 0 Å². The van der Waals surface area contributed by atoms with Crippen LogP contribution in [0.3, 0.4) is 0 Å². The van der Waals surface area contributed by atoms with Crippen LogP contribution in [0, 0.1) is 5.82 Å². The molecule has 3 rings (SSSR count). The van der Waals surface area contributed by atoms with E-state index >= 15 is 0 Å². The van der Waals surface area contributed by atoms with Gasteiger partial charge in [0.1, 0.15) is 5.82 Å². The number of pyridine rings is 1. The number of rotatable bonds is 3. The number of hydrogen-bond donors (Lipinski definition) is 0. The summed E-state index contributed by atoms with van der Waals surface area (Å²) in [7, 11) is 1.95. The lowest BCUT2D eigenvalue weighted by Gasteiger charge is -2.14. The van der Waals surface area contributed by atoms with Gasteiger partial charge in [0, 0.05) is 24.2 Å². The molecule has 0 spiro atoms. The van der Waals surface area contributed by atoms with E-state index in [1.165, 1.54) is 12.1 Å². The molecule has 2 aromatic heterocycles. The summed E-state index contributed by atoms with van der Waals surface area (Å²) in [5.74, 6) is -0.239. The van der Waals surface area contributed by atoms with Gasteiger partial charge in [-0.05, 0) is 36.4 Å². The molecule has 0 fully saturated rings. The lowest BCUT2D eigenvalue weighted by atomic mass is 10.2. The topological polar surface area (TPSA) is 29.0 Å². The molecule has 0 saturated heterocycles. The van der Waals surface area contributed by atoms with Gasteiger partial charge in [-0.15, -0.1) is 11.3 Å². The van der Waals surface area contributed by atoms with Gasteiger partial charge in [0.05, 0.1) is 17.6 Å². The summed E-state index contributed by atoms with van der Waals surface area (Å²) in [5, 5.41) is 2.84. The zero-order valence-corrected chi connectivity index (χ0v) is 11.6. The molecule has 2 heterocycles. The Labute approximate surface area is 120 Å². The molecule has 20 heavy (non-hydrogen) atoms. The minimum Gasteiger partial charge on any atom is -0.319 e. The van der Waals surface area contributed by atoms with Crippen molar-refractivity contribution in [1.29, 1.82) is 0 Å². The van der Waals surface area contributed by atoms with Crippen LogP contribution in [-0.4, -0.2) is 17.0 Å². The van der Waals surface area contributed by atoms with Crippen LogP contribution in [0.25, 0.3) is 11.3 Å². The van der Waals surface area contributed by atoms with Gasteiger partial charge < -0.3 is 4.90 Å². The predicted molar refractivity (Wildman–Crippen MR) is 79.8 cm³/mol. The summed E-state index contributed by atoms with van der Waals surface area (Å²) in [6.45, 7) is 0. The molecule has 0 saturated carbocycles. The van der Waals surface area contributed by atoms with E-state index in [-0.39, 0.29) is 5.82 Å². The minimum absolute atomic E-state index is 0.239. The highest BCUT2D eigenvalue weighted by molar-refractivity contribution is 7.14. The highest BCUT2D eigenvalue weighted by Gasteiger charge is 2.10. The van der Waals surface area contributed by atoms with Crippen molar-refractivity contribution in [3.05, 3.63) is 60.0 Å². The lowest BCUT2D eigenvalue weighted by molar-refractivity contribution is 0.628. The number of aromatic nitrogens is 2. The first kappa shape index (κ1) is 12.7. The molecular weight excluding hydrogens is 273 g/mol. The van der Waals surface area contributed by atoms with Gasteiger partial charge in [0.15, 0.2) is 5.13 Å². The fraction of sp³-hybridized carbons (Fsp3) is 0.0667. The summed E-state index contributed by atoms with van der Waals surface area (Å²) >= 11 is 1.54. The number of benzene rings is 1. The van der Waals surface area contributed by atoms with Crippen LogP contribution < -0.4 is 4.90 Å². The molecule has 1 aromatic carbocycles. The monoisotopic (exact) mass is 285 g/mol. The maximum absolute atomic E-state index is 12.9. The quantitative estimate of drug-likeness (QED) is 0.725.